The number of carbonyl (C=O) groups excluding carboxylic acids is 1. The van der Waals surface area contributed by atoms with Crippen LogP contribution >= 0.6 is 0 Å². The zero-order valence-electron chi connectivity index (χ0n) is 11.4. The van der Waals surface area contributed by atoms with E-state index < -0.39 is 5.97 Å². The Morgan fingerprint density at radius 3 is 2.57 bits per heavy atom. The zero-order chi connectivity index (χ0) is 15.0. The zero-order valence-corrected chi connectivity index (χ0v) is 11.4. The molecule has 0 radical (unpaired) electrons. The third-order valence-corrected chi connectivity index (χ3v) is 3.46. The number of aryl methyl sites for hydroxylation is 1. The first-order valence-electron chi connectivity index (χ1n) is 6.47. The lowest BCUT2D eigenvalue weighted by Gasteiger charge is -2.14. The van der Waals surface area contributed by atoms with Crippen LogP contribution in [-0.2, 0) is 13.1 Å². The standard InChI is InChI=1S/C15H13N3O3/c1-9-5-17-13(6-16-9)14(19)18-7-11-3-2-10(15(20)21)4-12(11)8-18/h2-6H,7-8H2,1H3,(H,20,21). The maximum atomic E-state index is 12.4. The van der Waals surface area contributed by atoms with E-state index >= 15 is 0 Å². The second kappa shape index (κ2) is 4.97. The number of carboxylic acids is 1. The number of fused-ring (bicyclic) bond motifs is 1. The summed E-state index contributed by atoms with van der Waals surface area (Å²) in [5, 5.41) is 9.00. The van der Waals surface area contributed by atoms with Gasteiger partial charge in [-0.05, 0) is 30.2 Å². The van der Waals surface area contributed by atoms with Gasteiger partial charge in [-0.2, -0.15) is 0 Å². The molecule has 0 saturated carbocycles. The highest BCUT2D eigenvalue weighted by atomic mass is 16.4. The summed E-state index contributed by atoms with van der Waals surface area (Å²) in [6.07, 6.45) is 3.02. The molecule has 0 bridgehead atoms. The Morgan fingerprint density at radius 2 is 1.90 bits per heavy atom. The fourth-order valence-corrected chi connectivity index (χ4v) is 2.34. The Labute approximate surface area is 121 Å². The van der Waals surface area contributed by atoms with E-state index in [1.807, 2.05) is 0 Å². The highest BCUT2D eigenvalue weighted by molar-refractivity contribution is 5.92. The number of benzene rings is 1. The molecule has 0 unspecified atom stereocenters. The smallest absolute Gasteiger partial charge is 0.335 e. The van der Waals surface area contributed by atoms with Crippen molar-refractivity contribution in [2.24, 2.45) is 0 Å². The molecule has 0 atom stereocenters. The van der Waals surface area contributed by atoms with E-state index in [2.05, 4.69) is 9.97 Å². The lowest BCUT2D eigenvalue weighted by Crippen LogP contribution is -2.26. The topological polar surface area (TPSA) is 83.4 Å². The van der Waals surface area contributed by atoms with Crippen LogP contribution in [0.5, 0.6) is 0 Å². The number of aromatic carboxylic acids is 1. The molecule has 6 nitrogen and oxygen atoms in total. The van der Waals surface area contributed by atoms with Crippen molar-refractivity contribution in [1.29, 1.82) is 0 Å². The van der Waals surface area contributed by atoms with E-state index in [-0.39, 0.29) is 11.5 Å². The van der Waals surface area contributed by atoms with Gasteiger partial charge in [0.15, 0.2) is 0 Å². The van der Waals surface area contributed by atoms with E-state index in [0.717, 1.165) is 16.8 Å². The van der Waals surface area contributed by atoms with Crippen molar-refractivity contribution in [1.82, 2.24) is 14.9 Å². The van der Waals surface area contributed by atoms with Gasteiger partial charge in [0.1, 0.15) is 5.69 Å². The number of hydrogen-bond donors (Lipinski definition) is 1. The molecule has 0 saturated heterocycles. The number of nitrogens with zero attached hydrogens (tertiary/aromatic N) is 3. The summed E-state index contributed by atoms with van der Waals surface area (Å²) in [4.78, 5) is 33.1. The third kappa shape index (κ3) is 2.47. The first kappa shape index (κ1) is 13.2. The van der Waals surface area contributed by atoms with Crippen LogP contribution < -0.4 is 0 Å². The van der Waals surface area contributed by atoms with Crippen LogP contribution in [-0.4, -0.2) is 31.9 Å². The summed E-state index contributed by atoms with van der Waals surface area (Å²) in [5.74, 6) is -1.16. The number of carboxylic acid groups (broad SMARTS) is 1. The van der Waals surface area contributed by atoms with Crippen LogP contribution in [0.15, 0.2) is 30.6 Å². The highest BCUT2D eigenvalue weighted by Gasteiger charge is 2.25. The highest BCUT2D eigenvalue weighted by Crippen LogP contribution is 2.25. The molecule has 21 heavy (non-hydrogen) atoms. The molecule has 2 heterocycles. The van der Waals surface area contributed by atoms with E-state index in [1.54, 1.807) is 36.2 Å². The van der Waals surface area contributed by atoms with Crippen molar-refractivity contribution < 1.29 is 14.7 Å². The molecule has 3 rings (SSSR count). The number of aromatic nitrogens is 2. The summed E-state index contributed by atoms with van der Waals surface area (Å²) in [6, 6.07) is 4.93. The monoisotopic (exact) mass is 283 g/mol. The molecule has 1 N–H and O–H groups in total. The van der Waals surface area contributed by atoms with Crippen molar-refractivity contribution in [3.8, 4) is 0 Å². The van der Waals surface area contributed by atoms with Crippen molar-refractivity contribution in [2.75, 3.05) is 0 Å². The Kier molecular flexibility index (Phi) is 3.13. The Hall–Kier alpha value is -2.76. The molecule has 1 aliphatic rings. The summed E-state index contributed by atoms with van der Waals surface area (Å²) < 4.78 is 0. The van der Waals surface area contributed by atoms with Gasteiger partial charge in [0.05, 0.1) is 17.5 Å². The quantitative estimate of drug-likeness (QED) is 0.905. The van der Waals surface area contributed by atoms with E-state index in [9.17, 15) is 9.59 Å². The summed E-state index contributed by atoms with van der Waals surface area (Å²) in [7, 11) is 0. The van der Waals surface area contributed by atoms with Gasteiger partial charge in [0.25, 0.3) is 5.91 Å². The fourth-order valence-electron chi connectivity index (χ4n) is 2.34. The second-order valence-electron chi connectivity index (χ2n) is 4.99. The van der Waals surface area contributed by atoms with Crippen molar-refractivity contribution in [3.05, 3.63) is 58.7 Å². The lowest BCUT2D eigenvalue weighted by molar-refractivity contribution is 0.0696. The summed E-state index contributed by atoms with van der Waals surface area (Å²) in [6.45, 7) is 2.66. The summed E-state index contributed by atoms with van der Waals surface area (Å²) >= 11 is 0. The molecule has 2 aromatic rings. The minimum Gasteiger partial charge on any atom is -0.478 e. The van der Waals surface area contributed by atoms with Gasteiger partial charge < -0.3 is 10.0 Å². The molecular weight excluding hydrogens is 270 g/mol. The molecule has 1 aliphatic heterocycles. The normalized spacial score (nSPS) is 13.1. The van der Waals surface area contributed by atoms with E-state index in [1.165, 1.54) is 6.20 Å². The summed E-state index contributed by atoms with van der Waals surface area (Å²) in [5.41, 5.74) is 3.11. The van der Waals surface area contributed by atoms with Crippen LogP contribution in [0.4, 0.5) is 0 Å². The molecular formula is C15H13N3O3. The third-order valence-electron chi connectivity index (χ3n) is 3.46. The molecule has 1 aromatic heterocycles. The van der Waals surface area contributed by atoms with Crippen LogP contribution in [0.3, 0.4) is 0 Å². The van der Waals surface area contributed by atoms with Crippen LogP contribution in [0, 0.1) is 6.92 Å². The Bertz CT molecular complexity index is 725. The molecule has 1 amide bonds. The minimum atomic E-state index is -0.966. The maximum absolute atomic E-state index is 12.4. The van der Waals surface area contributed by atoms with E-state index in [0.29, 0.717) is 18.8 Å². The fraction of sp³-hybridized carbons (Fsp3) is 0.200. The van der Waals surface area contributed by atoms with Gasteiger partial charge in [-0.15, -0.1) is 0 Å². The molecule has 0 fully saturated rings. The number of amides is 1. The SMILES string of the molecule is Cc1cnc(C(=O)N2Cc3ccc(C(=O)O)cc3C2)cn1. The van der Waals surface area contributed by atoms with Crippen molar-refractivity contribution in [2.45, 2.75) is 20.0 Å². The molecule has 0 aliphatic carbocycles. The lowest BCUT2D eigenvalue weighted by atomic mass is 10.1. The van der Waals surface area contributed by atoms with Gasteiger partial charge >= 0.3 is 5.97 Å². The predicted molar refractivity (Wildman–Crippen MR) is 73.7 cm³/mol. The van der Waals surface area contributed by atoms with Gasteiger partial charge in [-0.1, -0.05) is 6.07 Å². The predicted octanol–water partition coefficient (Wildman–Crippen LogP) is 1.64. The maximum Gasteiger partial charge on any atom is 0.335 e. The Balaban J connectivity index is 1.82. The van der Waals surface area contributed by atoms with Crippen LogP contribution in [0.1, 0.15) is 37.7 Å². The van der Waals surface area contributed by atoms with E-state index in [4.69, 9.17) is 5.11 Å². The molecule has 106 valence electrons. The Morgan fingerprint density at radius 1 is 1.14 bits per heavy atom. The number of rotatable bonds is 2. The van der Waals surface area contributed by atoms with Gasteiger partial charge in [0, 0.05) is 19.3 Å². The average Bonchev–Trinajstić information content (AvgIpc) is 2.90. The number of hydrogen-bond acceptors (Lipinski definition) is 4. The largest absolute Gasteiger partial charge is 0.478 e. The van der Waals surface area contributed by atoms with Gasteiger partial charge in [-0.25, -0.2) is 9.78 Å². The van der Waals surface area contributed by atoms with Crippen LogP contribution in [0.25, 0.3) is 0 Å². The second-order valence-corrected chi connectivity index (χ2v) is 4.99. The molecule has 1 aromatic carbocycles. The molecule has 6 heteroatoms. The molecule has 0 spiro atoms. The number of carbonyl (C=O) groups is 2. The van der Waals surface area contributed by atoms with Crippen LogP contribution in [0.2, 0.25) is 0 Å². The van der Waals surface area contributed by atoms with Gasteiger partial charge in [-0.3, -0.25) is 9.78 Å². The van der Waals surface area contributed by atoms with Crippen molar-refractivity contribution >= 4 is 11.9 Å². The van der Waals surface area contributed by atoms with Crippen molar-refractivity contribution in [3.63, 3.8) is 0 Å². The first-order valence-corrected chi connectivity index (χ1v) is 6.47. The average molecular weight is 283 g/mol. The first-order chi connectivity index (χ1) is 10.0. The van der Waals surface area contributed by atoms with Gasteiger partial charge in [0.2, 0.25) is 0 Å². The minimum absolute atomic E-state index is 0.199.